The topological polar surface area (TPSA) is 37.8 Å². The zero-order valence-electron chi connectivity index (χ0n) is 18.4. The molecule has 1 unspecified atom stereocenters. The lowest BCUT2D eigenvalue weighted by Crippen LogP contribution is -2.40. The molecule has 2 saturated heterocycles. The van der Waals surface area contributed by atoms with Gasteiger partial charge < -0.3 is 14.4 Å². The first-order chi connectivity index (χ1) is 14.7. The average molecular weight is 410 g/mol. The minimum Gasteiger partial charge on any atom is -0.497 e. The number of hydrogen-bond donors (Lipinski definition) is 0. The molecular formula is C25H35N3O2. The fourth-order valence-corrected chi connectivity index (χ4v) is 4.61. The fraction of sp³-hybridized carbons (Fsp3) is 0.560. The van der Waals surface area contributed by atoms with Crippen LogP contribution in [0.1, 0.15) is 38.0 Å². The Bertz CT molecular complexity index is 787. The van der Waals surface area contributed by atoms with Gasteiger partial charge in [0.1, 0.15) is 11.9 Å². The van der Waals surface area contributed by atoms with Crippen LogP contribution < -0.4 is 4.74 Å². The van der Waals surface area contributed by atoms with Crippen molar-refractivity contribution in [3.05, 3.63) is 48.3 Å². The van der Waals surface area contributed by atoms with Gasteiger partial charge in [-0.1, -0.05) is 25.1 Å². The van der Waals surface area contributed by atoms with Crippen LogP contribution in [0.15, 0.2) is 42.6 Å². The summed E-state index contributed by atoms with van der Waals surface area (Å²) in [5.41, 5.74) is 3.25. The van der Waals surface area contributed by atoms with Crippen LogP contribution in [0.5, 0.6) is 5.75 Å². The summed E-state index contributed by atoms with van der Waals surface area (Å²) >= 11 is 0. The van der Waals surface area contributed by atoms with Gasteiger partial charge in [0.05, 0.1) is 19.4 Å². The molecule has 2 aliphatic heterocycles. The second kappa shape index (κ2) is 10.4. The highest BCUT2D eigenvalue weighted by Gasteiger charge is 2.24. The van der Waals surface area contributed by atoms with E-state index in [4.69, 9.17) is 14.5 Å². The largest absolute Gasteiger partial charge is 0.497 e. The second-order valence-corrected chi connectivity index (χ2v) is 8.53. The van der Waals surface area contributed by atoms with E-state index < -0.39 is 0 Å². The summed E-state index contributed by atoms with van der Waals surface area (Å²) in [6, 6.07) is 12.4. The molecule has 5 heteroatoms. The number of rotatable bonds is 7. The van der Waals surface area contributed by atoms with Crippen molar-refractivity contribution in [1.29, 1.82) is 0 Å². The predicted molar refractivity (Wildman–Crippen MR) is 121 cm³/mol. The van der Waals surface area contributed by atoms with Gasteiger partial charge >= 0.3 is 0 Å². The first kappa shape index (κ1) is 21.3. The molecule has 2 fully saturated rings. The molecule has 3 heterocycles. The minimum absolute atomic E-state index is 0.0695. The van der Waals surface area contributed by atoms with E-state index in [0.29, 0.717) is 0 Å². The molecule has 0 saturated carbocycles. The van der Waals surface area contributed by atoms with Crippen LogP contribution in [0, 0.1) is 5.92 Å². The number of aromatic nitrogens is 1. The van der Waals surface area contributed by atoms with Crippen molar-refractivity contribution < 1.29 is 9.47 Å². The van der Waals surface area contributed by atoms with Gasteiger partial charge in [0.25, 0.3) is 0 Å². The number of pyridine rings is 1. The van der Waals surface area contributed by atoms with Gasteiger partial charge in [-0.2, -0.15) is 0 Å². The van der Waals surface area contributed by atoms with Gasteiger partial charge in [0.2, 0.25) is 0 Å². The van der Waals surface area contributed by atoms with E-state index in [1.165, 1.54) is 45.4 Å². The Kier molecular flexibility index (Phi) is 7.37. The highest BCUT2D eigenvalue weighted by atomic mass is 16.5. The Morgan fingerprint density at radius 3 is 2.67 bits per heavy atom. The third-order valence-corrected chi connectivity index (χ3v) is 6.68. The number of benzene rings is 1. The molecule has 1 aromatic carbocycles. The van der Waals surface area contributed by atoms with Crippen LogP contribution in [0.3, 0.4) is 0 Å². The highest BCUT2D eigenvalue weighted by Crippen LogP contribution is 2.27. The second-order valence-electron chi connectivity index (χ2n) is 8.53. The molecule has 1 aromatic heterocycles. The molecule has 2 aliphatic rings. The van der Waals surface area contributed by atoms with Crippen molar-refractivity contribution in [1.82, 2.24) is 14.8 Å². The maximum absolute atomic E-state index is 6.07. The Morgan fingerprint density at radius 1 is 1.07 bits per heavy atom. The summed E-state index contributed by atoms with van der Waals surface area (Å²) in [6.45, 7) is 9.96. The predicted octanol–water partition coefficient (Wildman–Crippen LogP) is 4.25. The van der Waals surface area contributed by atoms with Gasteiger partial charge in [0, 0.05) is 24.8 Å². The van der Waals surface area contributed by atoms with Crippen molar-refractivity contribution in [3.63, 3.8) is 0 Å². The Hall–Kier alpha value is -1.95. The Labute approximate surface area is 181 Å². The van der Waals surface area contributed by atoms with E-state index in [-0.39, 0.29) is 6.10 Å². The summed E-state index contributed by atoms with van der Waals surface area (Å²) in [7, 11) is 1.70. The molecule has 2 aromatic rings. The smallest absolute Gasteiger partial charge is 0.119 e. The van der Waals surface area contributed by atoms with Crippen molar-refractivity contribution >= 4 is 0 Å². The molecular weight excluding hydrogens is 374 g/mol. The van der Waals surface area contributed by atoms with E-state index in [2.05, 4.69) is 34.9 Å². The molecule has 0 amide bonds. The SMILES string of the molecule is CCN1CCC(CCN2CCOC(c3ccc(-c4cccc(OC)c4)cn3)C2)CC1. The van der Waals surface area contributed by atoms with Crippen LogP contribution in [0.2, 0.25) is 0 Å². The normalized spacial score (nSPS) is 21.6. The lowest BCUT2D eigenvalue weighted by atomic mass is 9.93. The monoisotopic (exact) mass is 409 g/mol. The molecule has 0 N–H and O–H groups in total. The fourth-order valence-electron chi connectivity index (χ4n) is 4.61. The standard InChI is InChI=1S/C25H35N3O2/c1-3-27-12-9-20(10-13-27)11-14-28-15-16-30-25(19-28)24-8-7-22(18-26-24)21-5-4-6-23(17-21)29-2/h4-8,17-18,20,25H,3,9-16,19H2,1-2H3. The lowest BCUT2D eigenvalue weighted by Gasteiger charge is -2.35. The Morgan fingerprint density at radius 2 is 1.93 bits per heavy atom. The van der Waals surface area contributed by atoms with Crippen LogP contribution in [0.4, 0.5) is 0 Å². The molecule has 162 valence electrons. The van der Waals surface area contributed by atoms with Crippen LogP contribution in [0.25, 0.3) is 11.1 Å². The quantitative estimate of drug-likeness (QED) is 0.683. The molecule has 0 aliphatic carbocycles. The molecule has 0 spiro atoms. The molecule has 5 nitrogen and oxygen atoms in total. The van der Waals surface area contributed by atoms with Crippen LogP contribution >= 0.6 is 0 Å². The zero-order chi connectivity index (χ0) is 20.8. The first-order valence-corrected chi connectivity index (χ1v) is 11.4. The van der Waals surface area contributed by atoms with E-state index in [1.807, 2.05) is 24.4 Å². The number of ether oxygens (including phenoxy) is 2. The van der Waals surface area contributed by atoms with E-state index >= 15 is 0 Å². The first-order valence-electron chi connectivity index (χ1n) is 11.4. The highest BCUT2D eigenvalue weighted by molar-refractivity contribution is 5.64. The number of nitrogens with zero attached hydrogens (tertiary/aromatic N) is 3. The van der Waals surface area contributed by atoms with Crippen molar-refractivity contribution in [2.75, 3.05) is 53.0 Å². The molecule has 0 bridgehead atoms. The van der Waals surface area contributed by atoms with Gasteiger partial charge in [0.15, 0.2) is 0 Å². The molecule has 30 heavy (non-hydrogen) atoms. The minimum atomic E-state index is 0.0695. The van der Waals surface area contributed by atoms with Crippen LogP contribution in [-0.4, -0.2) is 67.8 Å². The lowest BCUT2D eigenvalue weighted by molar-refractivity contribution is -0.0340. The summed E-state index contributed by atoms with van der Waals surface area (Å²) in [6.07, 6.45) is 6.05. The number of hydrogen-bond acceptors (Lipinski definition) is 5. The molecule has 4 rings (SSSR count). The summed E-state index contributed by atoms with van der Waals surface area (Å²) < 4.78 is 11.4. The third kappa shape index (κ3) is 5.39. The van der Waals surface area contributed by atoms with Gasteiger partial charge in [-0.15, -0.1) is 0 Å². The zero-order valence-corrected chi connectivity index (χ0v) is 18.4. The van der Waals surface area contributed by atoms with Crippen molar-refractivity contribution in [2.24, 2.45) is 5.92 Å². The van der Waals surface area contributed by atoms with Gasteiger partial charge in [-0.25, -0.2) is 0 Å². The maximum atomic E-state index is 6.07. The van der Waals surface area contributed by atoms with Crippen molar-refractivity contribution in [2.45, 2.75) is 32.3 Å². The molecule has 1 atom stereocenters. The molecule has 0 radical (unpaired) electrons. The van der Waals surface area contributed by atoms with E-state index in [1.54, 1.807) is 7.11 Å². The van der Waals surface area contributed by atoms with E-state index in [0.717, 1.165) is 48.2 Å². The average Bonchev–Trinajstić information content (AvgIpc) is 2.83. The van der Waals surface area contributed by atoms with E-state index in [9.17, 15) is 0 Å². The summed E-state index contributed by atoms with van der Waals surface area (Å²) in [5, 5.41) is 0. The number of morpholine rings is 1. The number of likely N-dealkylation sites (tertiary alicyclic amines) is 1. The van der Waals surface area contributed by atoms with Crippen LogP contribution in [-0.2, 0) is 4.74 Å². The third-order valence-electron chi connectivity index (χ3n) is 6.68. The number of methoxy groups -OCH3 is 1. The maximum Gasteiger partial charge on any atom is 0.119 e. The van der Waals surface area contributed by atoms with Crippen molar-refractivity contribution in [3.8, 4) is 16.9 Å². The van der Waals surface area contributed by atoms with Gasteiger partial charge in [-0.05, 0) is 75.1 Å². The Balaban J connectivity index is 1.31. The summed E-state index contributed by atoms with van der Waals surface area (Å²) in [5.74, 6) is 1.75. The summed E-state index contributed by atoms with van der Waals surface area (Å²) in [4.78, 5) is 9.88. The number of piperidine rings is 1. The van der Waals surface area contributed by atoms with Gasteiger partial charge in [-0.3, -0.25) is 9.88 Å².